The van der Waals surface area contributed by atoms with Crippen LogP contribution in [-0.4, -0.2) is 11.8 Å². The molecule has 2 atom stereocenters. The zero-order chi connectivity index (χ0) is 14.1. The molecule has 2 amide bonds. The second kappa shape index (κ2) is 3.69. The molecule has 0 N–H and O–H groups in total. The Morgan fingerprint density at radius 3 is 2.11 bits per heavy atom. The van der Waals surface area contributed by atoms with E-state index in [4.69, 9.17) is 0 Å². The van der Waals surface area contributed by atoms with Crippen LogP contribution in [0.25, 0.3) is 0 Å². The van der Waals surface area contributed by atoms with Crippen molar-refractivity contribution >= 4 is 33.4 Å². The first-order valence-corrected chi connectivity index (χ1v) is 7.20. The summed E-state index contributed by atoms with van der Waals surface area (Å²) in [6.07, 6.45) is 0. The number of hydrogen-bond donors (Lipinski definition) is 0. The number of fused-ring (bicyclic) bond motifs is 1. The predicted molar refractivity (Wildman–Crippen MR) is 76.9 cm³/mol. The zero-order valence-corrected chi connectivity index (χ0v) is 13.0. The molecule has 2 unspecified atom stereocenters. The smallest absolute Gasteiger partial charge is 0.238 e. The monoisotopic (exact) mass is 321 g/mol. The molecule has 0 aromatic heterocycles. The standard InChI is InChI=1S/C15H16BrNO2/c1-7-5-8(2)12(9(16)6-7)17-13(18)10-11(14(17)19)15(10,3)4/h5-6,10-11H,1-4H3. The summed E-state index contributed by atoms with van der Waals surface area (Å²) < 4.78 is 0.811. The largest absolute Gasteiger partial charge is 0.274 e. The van der Waals surface area contributed by atoms with E-state index in [9.17, 15) is 9.59 Å². The van der Waals surface area contributed by atoms with Gasteiger partial charge in [-0.15, -0.1) is 0 Å². The molecular formula is C15H16BrNO2. The zero-order valence-electron chi connectivity index (χ0n) is 11.5. The van der Waals surface area contributed by atoms with Crippen molar-refractivity contribution in [3.05, 3.63) is 27.7 Å². The van der Waals surface area contributed by atoms with Crippen LogP contribution in [0.3, 0.4) is 0 Å². The van der Waals surface area contributed by atoms with Crippen LogP contribution in [0.5, 0.6) is 0 Å². The van der Waals surface area contributed by atoms with E-state index in [1.807, 2.05) is 39.8 Å². The minimum atomic E-state index is -0.157. The highest BCUT2D eigenvalue weighted by atomic mass is 79.9. The molecule has 1 aliphatic heterocycles. The Balaban J connectivity index is 2.07. The fourth-order valence-corrected chi connectivity index (χ4v) is 4.21. The average Bonchev–Trinajstić information content (AvgIpc) is 2.73. The second-order valence-corrected chi connectivity index (χ2v) is 7.06. The van der Waals surface area contributed by atoms with Gasteiger partial charge < -0.3 is 0 Å². The molecule has 100 valence electrons. The van der Waals surface area contributed by atoms with Gasteiger partial charge in [0.05, 0.1) is 17.5 Å². The number of benzene rings is 1. The van der Waals surface area contributed by atoms with Gasteiger partial charge in [-0.2, -0.15) is 0 Å². The van der Waals surface area contributed by atoms with Gasteiger partial charge in [0.2, 0.25) is 11.8 Å². The maximum atomic E-state index is 12.4. The van der Waals surface area contributed by atoms with Crippen LogP contribution in [0, 0.1) is 31.1 Å². The lowest BCUT2D eigenvalue weighted by molar-refractivity contribution is -0.125. The number of rotatable bonds is 1. The van der Waals surface area contributed by atoms with Crippen molar-refractivity contribution in [1.82, 2.24) is 0 Å². The summed E-state index contributed by atoms with van der Waals surface area (Å²) in [7, 11) is 0. The van der Waals surface area contributed by atoms with Gasteiger partial charge in [0.25, 0.3) is 0 Å². The SMILES string of the molecule is Cc1cc(C)c(N2C(=O)C3C(C2=O)C3(C)C)c(Br)c1. The van der Waals surface area contributed by atoms with Crippen LogP contribution >= 0.6 is 15.9 Å². The third kappa shape index (κ3) is 1.55. The Hall–Kier alpha value is -1.16. The Kier molecular flexibility index (Phi) is 2.50. The van der Waals surface area contributed by atoms with E-state index in [0.717, 1.165) is 15.6 Å². The van der Waals surface area contributed by atoms with E-state index in [2.05, 4.69) is 15.9 Å². The highest BCUT2D eigenvalue weighted by molar-refractivity contribution is 9.10. The van der Waals surface area contributed by atoms with Crippen LogP contribution in [0.2, 0.25) is 0 Å². The predicted octanol–water partition coefficient (Wildman–Crippen LogP) is 3.21. The van der Waals surface area contributed by atoms with Crippen LogP contribution in [0.4, 0.5) is 5.69 Å². The topological polar surface area (TPSA) is 37.4 Å². The molecule has 3 rings (SSSR count). The van der Waals surface area contributed by atoms with Gasteiger partial charge in [0, 0.05) is 4.47 Å². The number of imide groups is 1. The highest BCUT2D eigenvalue weighted by Gasteiger charge is 2.72. The molecule has 2 aliphatic rings. The summed E-state index contributed by atoms with van der Waals surface area (Å²) in [6.45, 7) is 7.91. The first-order chi connectivity index (χ1) is 8.76. The van der Waals surface area contributed by atoms with Gasteiger partial charge in [-0.1, -0.05) is 19.9 Å². The quantitative estimate of drug-likeness (QED) is 0.745. The molecule has 1 aromatic carbocycles. The number of carbonyl (C=O) groups is 2. The lowest BCUT2D eigenvalue weighted by Gasteiger charge is -2.23. The van der Waals surface area contributed by atoms with Crippen molar-refractivity contribution in [2.24, 2.45) is 17.3 Å². The number of amides is 2. The van der Waals surface area contributed by atoms with E-state index < -0.39 is 0 Å². The fourth-order valence-electron chi connectivity index (χ4n) is 3.36. The fraction of sp³-hybridized carbons (Fsp3) is 0.467. The maximum absolute atomic E-state index is 12.4. The average molecular weight is 322 g/mol. The summed E-state index contributed by atoms with van der Waals surface area (Å²) in [6, 6.07) is 3.94. The molecule has 19 heavy (non-hydrogen) atoms. The number of carbonyl (C=O) groups excluding carboxylic acids is 2. The summed E-state index contributed by atoms with van der Waals surface area (Å²) in [5, 5.41) is 0. The molecule has 2 fully saturated rings. The Bertz CT molecular complexity index is 574. The van der Waals surface area contributed by atoms with E-state index >= 15 is 0 Å². The van der Waals surface area contributed by atoms with Gasteiger partial charge in [0.15, 0.2) is 0 Å². The minimum absolute atomic E-state index is 0.0485. The molecule has 0 radical (unpaired) electrons. The van der Waals surface area contributed by atoms with Crippen molar-refractivity contribution in [3.8, 4) is 0 Å². The van der Waals surface area contributed by atoms with Gasteiger partial charge in [-0.25, -0.2) is 4.90 Å². The van der Waals surface area contributed by atoms with Crippen molar-refractivity contribution < 1.29 is 9.59 Å². The summed E-state index contributed by atoms with van der Waals surface area (Å²) in [5.41, 5.74) is 2.62. The highest BCUT2D eigenvalue weighted by Crippen LogP contribution is 2.64. The Labute approximate surface area is 121 Å². The third-order valence-electron chi connectivity index (χ3n) is 4.42. The summed E-state index contributed by atoms with van der Waals surface area (Å²) in [5.74, 6) is -0.361. The number of halogens is 1. The Morgan fingerprint density at radius 1 is 1.11 bits per heavy atom. The molecule has 1 heterocycles. The van der Waals surface area contributed by atoms with Crippen LogP contribution in [0.15, 0.2) is 16.6 Å². The lowest BCUT2D eigenvalue weighted by Crippen LogP contribution is -2.37. The molecule has 1 saturated heterocycles. The molecule has 4 heteroatoms. The van der Waals surface area contributed by atoms with Crippen molar-refractivity contribution in [2.45, 2.75) is 27.7 Å². The molecule has 1 aliphatic carbocycles. The molecule has 1 saturated carbocycles. The normalized spacial score (nSPS) is 27.7. The van der Waals surface area contributed by atoms with E-state index in [0.29, 0.717) is 5.69 Å². The van der Waals surface area contributed by atoms with E-state index in [1.54, 1.807) is 0 Å². The number of anilines is 1. The first kappa shape index (κ1) is 12.9. The number of nitrogens with zero attached hydrogens (tertiary/aromatic N) is 1. The van der Waals surface area contributed by atoms with Gasteiger partial charge in [0.1, 0.15) is 0 Å². The number of piperidine rings is 1. The van der Waals surface area contributed by atoms with E-state index in [-0.39, 0.29) is 29.1 Å². The second-order valence-electron chi connectivity index (χ2n) is 6.20. The molecular weight excluding hydrogens is 306 g/mol. The van der Waals surface area contributed by atoms with E-state index in [1.165, 1.54) is 4.90 Å². The minimum Gasteiger partial charge on any atom is -0.274 e. The molecule has 0 spiro atoms. The summed E-state index contributed by atoms with van der Waals surface area (Å²) >= 11 is 3.48. The van der Waals surface area contributed by atoms with Gasteiger partial charge >= 0.3 is 0 Å². The maximum Gasteiger partial charge on any atom is 0.238 e. The third-order valence-corrected chi connectivity index (χ3v) is 5.03. The molecule has 0 bridgehead atoms. The molecule has 3 nitrogen and oxygen atoms in total. The van der Waals surface area contributed by atoms with Crippen LogP contribution < -0.4 is 4.90 Å². The van der Waals surface area contributed by atoms with Crippen molar-refractivity contribution in [2.75, 3.05) is 4.90 Å². The van der Waals surface area contributed by atoms with Crippen LogP contribution in [-0.2, 0) is 9.59 Å². The number of hydrogen-bond acceptors (Lipinski definition) is 2. The van der Waals surface area contributed by atoms with Gasteiger partial charge in [-0.3, -0.25) is 9.59 Å². The van der Waals surface area contributed by atoms with Crippen LogP contribution in [0.1, 0.15) is 25.0 Å². The number of aryl methyl sites for hydroxylation is 2. The Morgan fingerprint density at radius 2 is 1.63 bits per heavy atom. The van der Waals surface area contributed by atoms with Gasteiger partial charge in [-0.05, 0) is 52.4 Å². The van der Waals surface area contributed by atoms with Crippen molar-refractivity contribution in [1.29, 1.82) is 0 Å². The first-order valence-electron chi connectivity index (χ1n) is 6.41. The molecule has 1 aromatic rings. The lowest BCUT2D eigenvalue weighted by atomic mass is 10.0. The van der Waals surface area contributed by atoms with Crippen molar-refractivity contribution in [3.63, 3.8) is 0 Å². The summed E-state index contributed by atoms with van der Waals surface area (Å²) in [4.78, 5) is 26.3.